The number of rotatable bonds is 3. The van der Waals surface area contributed by atoms with Crippen molar-refractivity contribution < 1.29 is 4.79 Å². The van der Waals surface area contributed by atoms with Crippen molar-refractivity contribution >= 4 is 28.2 Å². The highest BCUT2D eigenvalue weighted by Crippen LogP contribution is 2.30. The van der Waals surface area contributed by atoms with Gasteiger partial charge >= 0.3 is 0 Å². The van der Waals surface area contributed by atoms with Crippen LogP contribution in [0, 0.1) is 6.92 Å². The number of hydrogen-bond donors (Lipinski definition) is 1. The van der Waals surface area contributed by atoms with Crippen molar-refractivity contribution in [3.05, 3.63) is 65.9 Å². The summed E-state index contributed by atoms with van der Waals surface area (Å²) in [6.07, 6.45) is 5.07. The van der Waals surface area contributed by atoms with E-state index >= 15 is 0 Å². The van der Waals surface area contributed by atoms with E-state index < -0.39 is 0 Å². The van der Waals surface area contributed by atoms with Crippen LogP contribution in [0.15, 0.2) is 54.7 Å². The van der Waals surface area contributed by atoms with Crippen LogP contribution in [0.2, 0.25) is 0 Å². The molecule has 4 nitrogen and oxygen atoms in total. The van der Waals surface area contributed by atoms with E-state index in [1.807, 2.05) is 41.3 Å². The highest BCUT2D eigenvalue weighted by Gasteiger charge is 2.22. The molecule has 4 heteroatoms. The van der Waals surface area contributed by atoms with Gasteiger partial charge in [-0.05, 0) is 44.4 Å². The van der Waals surface area contributed by atoms with Gasteiger partial charge in [-0.3, -0.25) is 9.78 Å². The highest BCUT2D eigenvalue weighted by molar-refractivity contribution is 6.08. The van der Waals surface area contributed by atoms with E-state index in [1.54, 1.807) is 6.20 Å². The summed E-state index contributed by atoms with van der Waals surface area (Å²) in [7, 11) is 0. The number of anilines is 2. The summed E-state index contributed by atoms with van der Waals surface area (Å²) in [4.78, 5) is 19.6. The number of aryl methyl sites for hydroxylation is 1. The molecule has 0 atom stereocenters. The molecule has 1 aliphatic heterocycles. The van der Waals surface area contributed by atoms with Gasteiger partial charge in [-0.25, -0.2) is 0 Å². The SMILES string of the molecule is Cc1ccc(Nc2c(C(=O)N3CCCCC3)cnc3ccccc23)cc1. The number of likely N-dealkylation sites (tertiary alicyclic amines) is 1. The fraction of sp³-hybridized carbons (Fsp3) is 0.273. The lowest BCUT2D eigenvalue weighted by Crippen LogP contribution is -2.36. The molecule has 0 saturated carbocycles. The largest absolute Gasteiger partial charge is 0.354 e. The number of carbonyl (C=O) groups is 1. The summed E-state index contributed by atoms with van der Waals surface area (Å²) in [6.45, 7) is 3.72. The number of amides is 1. The number of benzene rings is 2. The molecule has 1 aliphatic rings. The smallest absolute Gasteiger partial charge is 0.257 e. The molecular weight excluding hydrogens is 322 g/mol. The van der Waals surface area contributed by atoms with Gasteiger partial charge in [0.2, 0.25) is 0 Å². The van der Waals surface area contributed by atoms with Crippen molar-refractivity contribution in [3.8, 4) is 0 Å². The molecule has 1 amide bonds. The molecule has 26 heavy (non-hydrogen) atoms. The number of para-hydroxylation sites is 1. The molecule has 3 aromatic rings. The summed E-state index contributed by atoms with van der Waals surface area (Å²) in [5, 5.41) is 4.44. The molecule has 1 aromatic heterocycles. The van der Waals surface area contributed by atoms with E-state index in [9.17, 15) is 4.79 Å². The summed E-state index contributed by atoms with van der Waals surface area (Å²) in [5.41, 5.74) is 4.55. The van der Waals surface area contributed by atoms with Crippen molar-refractivity contribution in [3.63, 3.8) is 0 Å². The Bertz CT molecular complexity index is 928. The molecule has 0 radical (unpaired) electrons. The molecule has 1 saturated heterocycles. The van der Waals surface area contributed by atoms with E-state index in [1.165, 1.54) is 12.0 Å². The van der Waals surface area contributed by atoms with Gasteiger partial charge in [-0.2, -0.15) is 0 Å². The number of fused-ring (bicyclic) bond motifs is 1. The quantitative estimate of drug-likeness (QED) is 0.733. The number of piperidine rings is 1. The van der Waals surface area contributed by atoms with E-state index in [2.05, 4.69) is 29.4 Å². The first-order chi connectivity index (χ1) is 12.7. The number of carbonyl (C=O) groups excluding carboxylic acids is 1. The van der Waals surface area contributed by atoms with Crippen LogP contribution in [-0.2, 0) is 0 Å². The fourth-order valence-electron chi connectivity index (χ4n) is 3.49. The maximum Gasteiger partial charge on any atom is 0.257 e. The average molecular weight is 345 g/mol. The molecule has 0 spiro atoms. The molecule has 1 N–H and O–H groups in total. The minimum absolute atomic E-state index is 0.0672. The van der Waals surface area contributed by atoms with Gasteiger partial charge in [0.1, 0.15) is 0 Å². The van der Waals surface area contributed by atoms with Crippen LogP contribution in [-0.4, -0.2) is 28.9 Å². The molecule has 0 aliphatic carbocycles. The lowest BCUT2D eigenvalue weighted by molar-refractivity contribution is 0.0725. The Labute approximate surface area is 153 Å². The predicted octanol–water partition coefficient (Wildman–Crippen LogP) is 4.91. The molecule has 132 valence electrons. The Balaban J connectivity index is 1.78. The Kier molecular flexibility index (Phi) is 4.57. The second-order valence-corrected chi connectivity index (χ2v) is 6.91. The zero-order chi connectivity index (χ0) is 17.9. The van der Waals surface area contributed by atoms with Crippen molar-refractivity contribution in [2.45, 2.75) is 26.2 Å². The van der Waals surface area contributed by atoms with Crippen LogP contribution in [0.3, 0.4) is 0 Å². The van der Waals surface area contributed by atoms with Gasteiger partial charge in [-0.15, -0.1) is 0 Å². The maximum absolute atomic E-state index is 13.2. The zero-order valence-corrected chi connectivity index (χ0v) is 15.0. The minimum atomic E-state index is 0.0672. The van der Waals surface area contributed by atoms with Crippen LogP contribution in [0.5, 0.6) is 0 Å². The summed E-state index contributed by atoms with van der Waals surface area (Å²) in [5.74, 6) is 0.0672. The topological polar surface area (TPSA) is 45.2 Å². The third kappa shape index (κ3) is 3.27. The third-order valence-corrected chi connectivity index (χ3v) is 4.97. The van der Waals surface area contributed by atoms with Crippen LogP contribution < -0.4 is 5.32 Å². The molecule has 1 fully saturated rings. The lowest BCUT2D eigenvalue weighted by Gasteiger charge is -2.27. The first-order valence-electron chi connectivity index (χ1n) is 9.23. The van der Waals surface area contributed by atoms with Crippen molar-refractivity contribution in [2.24, 2.45) is 0 Å². The van der Waals surface area contributed by atoms with E-state index in [4.69, 9.17) is 0 Å². The summed E-state index contributed by atoms with van der Waals surface area (Å²) in [6, 6.07) is 16.2. The lowest BCUT2D eigenvalue weighted by atomic mass is 10.1. The Morgan fingerprint density at radius 2 is 1.73 bits per heavy atom. The van der Waals surface area contributed by atoms with Crippen molar-refractivity contribution in [1.82, 2.24) is 9.88 Å². The fourth-order valence-corrected chi connectivity index (χ4v) is 3.49. The first kappa shape index (κ1) is 16.6. The minimum Gasteiger partial charge on any atom is -0.354 e. The van der Waals surface area contributed by atoms with Gasteiger partial charge in [0.15, 0.2) is 0 Å². The second-order valence-electron chi connectivity index (χ2n) is 6.91. The predicted molar refractivity (Wildman–Crippen MR) is 106 cm³/mol. The van der Waals surface area contributed by atoms with Crippen LogP contribution in [0.1, 0.15) is 35.2 Å². The Morgan fingerprint density at radius 1 is 1.00 bits per heavy atom. The van der Waals surface area contributed by atoms with E-state index in [0.717, 1.165) is 48.2 Å². The summed E-state index contributed by atoms with van der Waals surface area (Å²) >= 11 is 0. The number of pyridine rings is 1. The molecular formula is C22H23N3O. The van der Waals surface area contributed by atoms with Gasteiger partial charge in [0, 0.05) is 30.4 Å². The van der Waals surface area contributed by atoms with Gasteiger partial charge in [0.25, 0.3) is 5.91 Å². The van der Waals surface area contributed by atoms with Crippen LogP contribution >= 0.6 is 0 Å². The van der Waals surface area contributed by atoms with Crippen molar-refractivity contribution in [2.75, 3.05) is 18.4 Å². The second kappa shape index (κ2) is 7.16. The van der Waals surface area contributed by atoms with E-state index in [-0.39, 0.29) is 5.91 Å². The number of aromatic nitrogens is 1. The zero-order valence-electron chi connectivity index (χ0n) is 15.0. The Morgan fingerprint density at radius 3 is 2.50 bits per heavy atom. The Hall–Kier alpha value is -2.88. The maximum atomic E-state index is 13.2. The normalized spacial score (nSPS) is 14.4. The van der Waals surface area contributed by atoms with Gasteiger partial charge in [0.05, 0.1) is 16.8 Å². The molecule has 2 heterocycles. The molecule has 2 aromatic carbocycles. The highest BCUT2D eigenvalue weighted by atomic mass is 16.2. The molecule has 0 bridgehead atoms. The average Bonchev–Trinajstić information content (AvgIpc) is 2.70. The number of nitrogens with one attached hydrogen (secondary N) is 1. The van der Waals surface area contributed by atoms with Crippen molar-refractivity contribution in [1.29, 1.82) is 0 Å². The molecule has 4 rings (SSSR count). The van der Waals surface area contributed by atoms with E-state index in [0.29, 0.717) is 5.56 Å². The first-order valence-corrected chi connectivity index (χ1v) is 9.23. The summed E-state index contributed by atoms with van der Waals surface area (Å²) < 4.78 is 0. The van der Waals surface area contributed by atoms with Gasteiger partial charge in [-0.1, -0.05) is 35.9 Å². The standard InChI is InChI=1S/C22H23N3O/c1-16-9-11-17(12-10-16)24-21-18-7-3-4-8-20(18)23-15-19(21)22(26)25-13-5-2-6-14-25/h3-4,7-12,15H,2,5-6,13-14H2,1H3,(H,23,24). The van der Waals surface area contributed by atoms with Crippen LogP contribution in [0.4, 0.5) is 11.4 Å². The third-order valence-electron chi connectivity index (χ3n) is 4.97. The number of nitrogens with zero attached hydrogens (tertiary/aromatic N) is 2. The van der Waals surface area contributed by atoms with Gasteiger partial charge < -0.3 is 10.2 Å². The molecule has 0 unspecified atom stereocenters. The monoisotopic (exact) mass is 345 g/mol. The number of hydrogen-bond acceptors (Lipinski definition) is 3. The van der Waals surface area contributed by atoms with Crippen LogP contribution in [0.25, 0.3) is 10.9 Å².